The minimum Gasteiger partial charge on any atom is -0.265 e. The number of hydrogen-bond acceptors (Lipinski definition) is 5. The summed E-state index contributed by atoms with van der Waals surface area (Å²) in [6.45, 7) is 0. The van der Waals surface area contributed by atoms with Gasteiger partial charge in [0.2, 0.25) is 0 Å². The molecule has 2 aromatic heterocycles. The van der Waals surface area contributed by atoms with Gasteiger partial charge in [-0.05, 0) is 12.1 Å². The van der Waals surface area contributed by atoms with Gasteiger partial charge in [0.1, 0.15) is 5.01 Å². The van der Waals surface area contributed by atoms with Gasteiger partial charge in [0, 0.05) is 27.9 Å². The molecule has 0 radical (unpaired) electrons. The lowest BCUT2D eigenvalue weighted by Crippen LogP contribution is -1.98. The van der Waals surface area contributed by atoms with E-state index in [1.807, 2.05) is 0 Å². The number of aromatic nitrogens is 2. The Morgan fingerprint density at radius 1 is 1.40 bits per heavy atom. The van der Waals surface area contributed by atoms with Crippen molar-refractivity contribution in [2.24, 2.45) is 0 Å². The lowest BCUT2D eigenvalue weighted by atomic mass is 10.3. The third kappa shape index (κ3) is 1.99. The molecule has 15 heavy (non-hydrogen) atoms. The summed E-state index contributed by atoms with van der Waals surface area (Å²) in [6, 6.07) is 3.51. The number of pyridine rings is 1. The van der Waals surface area contributed by atoms with Crippen LogP contribution >= 0.6 is 11.3 Å². The number of nitrogens with zero attached hydrogens (tertiary/aromatic N) is 2. The zero-order valence-electron chi connectivity index (χ0n) is 7.38. The number of carbonyl (C=O) groups is 1. The molecule has 0 saturated carbocycles. The van der Waals surface area contributed by atoms with E-state index in [0.717, 1.165) is 5.56 Å². The van der Waals surface area contributed by atoms with Crippen LogP contribution in [-0.2, 0) is 4.94 Å². The van der Waals surface area contributed by atoms with E-state index in [2.05, 4.69) is 14.9 Å². The summed E-state index contributed by atoms with van der Waals surface area (Å²) in [5, 5.41) is 2.07. The van der Waals surface area contributed by atoms with Crippen LogP contribution in [0.25, 0.3) is 10.6 Å². The Labute approximate surface area is 88.3 Å². The highest BCUT2D eigenvalue weighted by atomic mass is 32.1. The maximum absolute atomic E-state index is 11.6. The Balaban J connectivity index is 2.32. The molecule has 2 heterocycles. The Kier molecular flexibility index (Phi) is 2.68. The summed E-state index contributed by atoms with van der Waals surface area (Å²) >= 11 is 1.24. The molecule has 0 fully saturated rings. The number of hydrogen-bond donors (Lipinski definition) is 0. The van der Waals surface area contributed by atoms with E-state index in [4.69, 9.17) is 0 Å². The maximum Gasteiger partial charge on any atom is 0.398 e. The second kappa shape index (κ2) is 4.14. The van der Waals surface area contributed by atoms with Crippen molar-refractivity contribution in [1.82, 2.24) is 9.97 Å². The minimum atomic E-state index is -1.08. The number of carbonyl (C=O) groups excluding carboxylic acids is 1. The van der Waals surface area contributed by atoms with Crippen LogP contribution in [0.15, 0.2) is 29.9 Å². The van der Waals surface area contributed by atoms with Crippen LogP contribution in [0.2, 0.25) is 0 Å². The molecule has 0 amide bonds. The van der Waals surface area contributed by atoms with Crippen molar-refractivity contribution in [2.75, 3.05) is 0 Å². The fourth-order valence-electron chi connectivity index (χ4n) is 1.03. The molecule has 4 nitrogen and oxygen atoms in total. The molecule has 0 aliphatic carbocycles. The van der Waals surface area contributed by atoms with Gasteiger partial charge in [-0.15, -0.1) is 11.3 Å². The first kappa shape index (κ1) is 9.72. The van der Waals surface area contributed by atoms with E-state index >= 15 is 0 Å². The predicted octanol–water partition coefficient (Wildman–Crippen LogP) is 2.25. The fraction of sp³-hybridized carbons (Fsp3) is 0. The number of rotatable bonds is 2. The van der Waals surface area contributed by atoms with Gasteiger partial charge >= 0.3 is 5.97 Å². The van der Waals surface area contributed by atoms with Gasteiger partial charge in [0.05, 0.1) is 0 Å². The molecule has 0 saturated heterocycles. The van der Waals surface area contributed by atoms with E-state index < -0.39 is 5.97 Å². The second-order valence-electron chi connectivity index (χ2n) is 2.64. The molecule has 0 unspecified atom stereocenters. The largest absolute Gasteiger partial charge is 0.398 e. The summed E-state index contributed by atoms with van der Waals surface area (Å²) in [4.78, 5) is 21.7. The Hall–Kier alpha value is -1.82. The summed E-state index contributed by atoms with van der Waals surface area (Å²) in [6.07, 6.45) is 3.23. The van der Waals surface area contributed by atoms with Crippen LogP contribution in [-0.4, -0.2) is 15.9 Å². The van der Waals surface area contributed by atoms with Gasteiger partial charge in [-0.25, -0.2) is 14.7 Å². The molecule has 2 rings (SSSR count). The van der Waals surface area contributed by atoms with E-state index in [1.54, 1.807) is 24.5 Å². The van der Waals surface area contributed by atoms with Crippen LogP contribution in [0.4, 0.5) is 4.53 Å². The quantitative estimate of drug-likeness (QED) is 0.785. The Morgan fingerprint density at radius 3 is 2.80 bits per heavy atom. The van der Waals surface area contributed by atoms with Crippen molar-refractivity contribution in [3.63, 3.8) is 0 Å². The molecule has 0 aromatic carbocycles. The standard InChI is InChI=1S/C9H5FN2O2S/c10-14-9(13)7-5-15-8(12-7)6-1-3-11-4-2-6/h1-5H. The monoisotopic (exact) mass is 224 g/mol. The van der Waals surface area contributed by atoms with Crippen LogP contribution in [0.5, 0.6) is 0 Å². The average molecular weight is 224 g/mol. The molecule has 0 aliphatic rings. The normalized spacial score (nSPS) is 9.93. The summed E-state index contributed by atoms with van der Waals surface area (Å²) in [5.74, 6) is -1.08. The van der Waals surface area contributed by atoms with Crippen molar-refractivity contribution in [3.05, 3.63) is 35.6 Å². The first-order chi connectivity index (χ1) is 7.31. The summed E-state index contributed by atoms with van der Waals surface area (Å²) in [7, 11) is 0. The lowest BCUT2D eigenvalue weighted by Gasteiger charge is -1.92. The highest BCUT2D eigenvalue weighted by Crippen LogP contribution is 2.23. The highest BCUT2D eigenvalue weighted by molar-refractivity contribution is 7.13. The van der Waals surface area contributed by atoms with Crippen molar-refractivity contribution in [1.29, 1.82) is 0 Å². The predicted molar refractivity (Wildman–Crippen MR) is 51.9 cm³/mol. The minimum absolute atomic E-state index is 0.0330. The van der Waals surface area contributed by atoms with Gasteiger partial charge in [0.15, 0.2) is 5.69 Å². The molecule has 0 spiro atoms. The van der Waals surface area contributed by atoms with E-state index in [0.29, 0.717) is 5.01 Å². The zero-order valence-corrected chi connectivity index (χ0v) is 8.20. The molecule has 2 aromatic rings. The van der Waals surface area contributed by atoms with Gasteiger partial charge < -0.3 is 0 Å². The van der Waals surface area contributed by atoms with Crippen molar-refractivity contribution in [3.8, 4) is 10.6 Å². The molecule has 76 valence electrons. The Morgan fingerprint density at radius 2 is 2.13 bits per heavy atom. The first-order valence-electron chi connectivity index (χ1n) is 4.00. The average Bonchev–Trinajstić information content (AvgIpc) is 2.78. The van der Waals surface area contributed by atoms with E-state index in [-0.39, 0.29) is 5.69 Å². The fourth-order valence-corrected chi connectivity index (χ4v) is 1.83. The van der Waals surface area contributed by atoms with Gasteiger partial charge in [-0.1, -0.05) is 0 Å². The smallest absolute Gasteiger partial charge is 0.265 e. The van der Waals surface area contributed by atoms with Crippen molar-refractivity contribution < 1.29 is 14.3 Å². The molecule has 6 heteroatoms. The van der Waals surface area contributed by atoms with Crippen LogP contribution in [0.1, 0.15) is 10.5 Å². The number of halogens is 1. The molecule has 0 aliphatic heterocycles. The van der Waals surface area contributed by atoms with Gasteiger partial charge in [-0.2, -0.15) is 0 Å². The summed E-state index contributed by atoms with van der Waals surface area (Å²) in [5.41, 5.74) is 0.794. The second-order valence-corrected chi connectivity index (χ2v) is 3.50. The maximum atomic E-state index is 11.6. The van der Waals surface area contributed by atoms with Gasteiger partial charge in [-0.3, -0.25) is 4.98 Å². The third-order valence-electron chi connectivity index (χ3n) is 1.71. The van der Waals surface area contributed by atoms with Crippen molar-refractivity contribution in [2.45, 2.75) is 0 Å². The third-order valence-corrected chi connectivity index (χ3v) is 2.60. The lowest BCUT2D eigenvalue weighted by molar-refractivity contribution is -0.0792. The van der Waals surface area contributed by atoms with E-state index in [1.165, 1.54) is 16.7 Å². The number of thiazole rings is 1. The summed E-state index contributed by atoms with van der Waals surface area (Å²) < 4.78 is 11.6. The topological polar surface area (TPSA) is 52.1 Å². The highest BCUT2D eigenvalue weighted by Gasteiger charge is 2.13. The molecular formula is C9H5FN2O2S. The zero-order chi connectivity index (χ0) is 10.7. The van der Waals surface area contributed by atoms with Crippen molar-refractivity contribution >= 4 is 17.3 Å². The molecule has 0 atom stereocenters. The van der Waals surface area contributed by atoms with Crippen LogP contribution in [0.3, 0.4) is 0 Å². The van der Waals surface area contributed by atoms with Gasteiger partial charge in [0.25, 0.3) is 0 Å². The van der Waals surface area contributed by atoms with Crippen LogP contribution < -0.4 is 0 Å². The Bertz CT molecular complexity index is 472. The molecular weight excluding hydrogens is 219 g/mol. The first-order valence-corrected chi connectivity index (χ1v) is 4.88. The van der Waals surface area contributed by atoms with E-state index in [9.17, 15) is 9.32 Å². The molecule has 0 N–H and O–H groups in total. The molecule has 0 bridgehead atoms. The SMILES string of the molecule is O=C(OF)c1csc(-c2ccncc2)n1. The van der Waals surface area contributed by atoms with Crippen LogP contribution in [0, 0.1) is 0 Å².